The molecule has 0 aliphatic carbocycles. The third-order valence-corrected chi connectivity index (χ3v) is 3.92. The molecule has 0 amide bonds. The lowest BCUT2D eigenvalue weighted by Crippen LogP contribution is -2.35. The van der Waals surface area contributed by atoms with Crippen molar-refractivity contribution in [3.63, 3.8) is 0 Å². The molecule has 0 spiro atoms. The van der Waals surface area contributed by atoms with Crippen LogP contribution in [0.3, 0.4) is 0 Å². The van der Waals surface area contributed by atoms with E-state index in [0.29, 0.717) is 5.92 Å². The molecule has 4 heteroatoms. The van der Waals surface area contributed by atoms with E-state index in [9.17, 15) is 4.79 Å². The van der Waals surface area contributed by atoms with E-state index >= 15 is 0 Å². The van der Waals surface area contributed by atoms with Crippen LogP contribution in [0.2, 0.25) is 0 Å². The first-order chi connectivity index (χ1) is 9.67. The van der Waals surface area contributed by atoms with Gasteiger partial charge in [-0.05, 0) is 42.9 Å². The summed E-state index contributed by atoms with van der Waals surface area (Å²) in [4.78, 5) is 13.1. The summed E-state index contributed by atoms with van der Waals surface area (Å²) in [5.74, 6) is -0.180. The molecule has 1 aliphatic rings. The lowest BCUT2D eigenvalue weighted by Gasteiger charge is -2.32. The first-order valence-electron chi connectivity index (χ1n) is 7.30. The predicted molar refractivity (Wildman–Crippen MR) is 77.5 cm³/mol. The number of carboxylic acids is 1. The van der Waals surface area contributed by atoms with Crippen LogP contribution in [0.25, 0.3) is 0 Å². The number of piperidine rings is 1. The Kier molecular flexibility index (Phi) is 5.56. The van der Waals surface area contributed by atoms with Crippen molar-refractivity contribution in [2.24, 2.45) is 5.92 Å². The molecule has 1 aliphatic heterocycles. The molecule has 0 aromatic heterocycles. The molecule has 2 N–H and O–H groups in total. The van der Waals surface area contributed by atoms with Crippen LogP contribution < -0.4 is 0 Å². The van der Waals surface area contributed by atoms with Crippen LogP contribution in [0.5, 0.6) is 0 Å². The SMILES string of the molecule is O=C(O)Cc1ccc(CN2CCCC(CCO)C2)cc1. The molecule has 0 saturated carbocycles. The Bertz CT molecular complexity index is 428. The van der Waals surface area contributed by atoms with Crippen LogP contribution in [0.15, 0.2) is 24.3 Å². The van der Waals surface area contributed by atoms with Crippen molar-refractivity contribution < 1.29 is 15.0 Å². The van der Waals surface area contributed by atoms with E-state index in [1.807, 2.05) is 24.3 Å². The average molecular weight is 277 g/mol. The first-order valence-corrected chi connectivity index (χ1v) is 7.30. The number of hydrogen-bond acceptors (Lipinski definition) is 3. The van der Waals surface area contributed by atoms with Gasteiger partial charge >= 0.3 is 5.97 Å². The third kappa shape index (κ3) is 4.62. The molecule has 1 saturated heterocycles. The molecule has 1 atom stereocenters. The molecular formula is C16H23NO3. The van der Waals surface area contributed by atoms with E-state index in [1.54, 1.807) is 0 Å². The number of hydrogen-bond donors (Lipinski definition) is 2. The van der Waals surface area contributed by atoms with Crippen molar-refractivity contribution >= 4 is 5.97 Å². The zero-order chi connectivity index (χ0) is 14.4. The number of likely N-dealkylation sites (tertiary alicyclic amines) is 1. The summed E-state index contributed by atoms with van der Waals surface area (Å²) >= 11 is 0. The van der Waals surface area contributed by atoms with Crippen LogP contribution in [0, 0.1) is 5.92 Å². The Morgan fingerprint density at radius 2 is 1.95 bits per heavy atom. The van der Waals surface area contributed by atoms with Gasteiger partial charge in [-0.1, -0.05) is 24.3 Å². The molecule has 1 unspecified atom stereocenters. The largest absolute Gasteiger partial charge is 0.481 e. The van der Waals surface area contributed by atoms with Gasteiger partial charge in [0.1, 0.15) is 0 Å². The van der Waals surface area contributed by atoms with Crippen LogP contribution >= 0.6 is 0 Å². The molecule has 0 bridgehead atoms. The summed E-state index contributed by atoms with van der Waals surface area (Å²) in [5, 5.41) is 17.8. The molecule has 110 valence electrons. The van der Waals surface area contributed by atoms with Gasteiger partial charge < -0.3 is 10.2 Å². The van der Waals surface area contributed by atoms with E-state index in [2.05, 4.69) is 4.90 Å². The molecule has 1 heterocycles. The Balaban J connectivity index is 1.87. The second-order valence-electron chi connectivity index (χ2n) is 5.64. The highest BCUT2D eigenvalue weighted by Gasteiger charge is 2.19. The van der Waals surface area contributed by atoms with Crippen LogP contribution in [0.4, 0.5) is 0 Å². The van der Waals surface area contributed by atoms with Gasteiger partial charge in [0, 0.05) is 19.7 Å². The number of aliphatic hydroxyl groups excluding tert-OH is 1. The first kappa shape index (κ1) is 15.0. The van der Waals surface area contributed by atoms with Gasteiger partial charge in [0.25, 0.3) is 0 Å². The summed E-state index contributed by atoms with van der Waals surface area (Å²) < 4.78 is 0. The zero-order valence-electron chi connectivity index (χ0n) is 11.8. The minimum Gasteiger partial charge on any atom is -0.481 e. The highest BCUT2D eigenvalue weighted by Crippen LogP contribution is 2.21. The third-order valence-electron chi connectivity index (χ3n) is 3.92. The number of aliphatic carboxylic acids is 1. The molecule has 1 aromatic rings. The maximum absolute atomic E-state index is 10.6. The monoisotopic (exact) mass is 277 g/mol. The van der Waals surface area contributed by atoms with Crippen molar-refractivity contribution in [3.8, 4) is 0 Å². The zero-order valence-corrected chi connectivity index (χ0v) is 11.8. The summed E-state index contributed by atoms with van der Waals surface area (Å²) in [6, 6.07) is 7.85. The number of aliphatic hydroxyl groups is 1. The maximum Gasteiger partial charge on any atom is 0.307 e. The van der Waals surface area contributed by atoms with E-state index in [0.717, 1.165) is 31.6 Å². The second kappa shape index (κ2) is 7.41. The Morgan fingerprint density at radius 3 is 2.60 bits per heavy atom. The molecule has 0 radical (unpaired) electrons. The topological polar surface area (TPSA) is 60.8 Å². The summed E-state index contributed by atoms with van der Waals surface area (Å²) in [6.07, 6.45) is 3.40. The maximum atomic E-state index is 10.6. The fourth-order valence-electron chi connectivity index (χ4n) is 2.91. The second-order valence-corrected chi connectivity index (χ2v) is 5.64. The van der Waals surface area contributed by atoms with Gasteiger partial charge in [-0.3, -0.25) is 9.69 Å². The predicted octanol–water partition coefficient (Wildman–Crippen LogP) is 1.91. The lowest BCUT2D eigenvalue weighted by molar-refractivity contribution is -0.136. The fraction of sp³-hybridized carbons (Fsp3) is 0.562. The van der Waals surface area contributed by atoms with E-state index in [1.165, 1.54) is 18.4 Å². The minimum atomic E-state index is -0.791. The Hall–Kier alpha value is -1.39. The number of carboxylic acid groups (broad SMARTS) is 1. The van der Waals surface area contributed by atoms with Crippen LogP contribution in [-0.2, 0) is 17.8 Å². The van der Waals surface area contributed by atoms with Crippen molar-refractivity contribution in [2.45, 2.75) is 32.2 Å². The number of carbonyl (C=O) groups is 1. The van der Waals surface area contributed by atoms with Crippen molar-refractivity contribution in [2.75, 3.05) is 19.7 Å². The van der Waals surface area contributed by atoms with Gasteiger partial charge in [-0.2, -0.15) is 0 Å². The quantitative estimate of drug-likeness (QED) is 0.834. The average Bonchev–Trinajstić information content (AvgIpc) is 2.41. The highest BCUT2D eigenvalue weighted by atomic mass is 16.4. The summed E-state index contributed by atoms with van der Waals surface area (Å²) in [6.45, 7) is 3.36. The number of benzene rings is 1. The fourth-order valence-corrected chi connectivity index (χ4v) is 2.91. The van der Waals surface area contributed by atoms with Crippen molar-refractivity contribution in [1.82, 2.24) is 4.90 Å². The van der Waals surface area contributed by atoms with Crippen molar-refractivity contribution in [3.05, 3.63) is 35.4 Å². The lowest BCUT2D eigenvalue weighted by atomic mass is 9.95. The summed E-state index contributed by atoms with van der Waals surface area (Å²) in [5.41, 5.74) is 2.07. The molecule has 20 heavy (non-hydrogen) atoms. The molecule has 1 aromatic carbocycles. The highest BCUT2D eigenvalue weighted by molar-refractivity contribution is 5.70. The van der Waals surface area contributed by atoms with Gasteiger partial charge in [-0.25, -0.2) is 0 Å². The number of nitrogens with zero attached hydrogens (tertiary/aromatic N) is 1. The van der Waals surface area contributed by atoms with Gasteiger partial charge in [-0.15, -0.1) is 0 Å². The van der Waals surface area contributed by atoms with Gasteiger partial charge in [0.15, 0.2) is 0 Å². The van der Waals surface area contributed by atoms with Gasteiger partial charge in [0.05, 0.1) is 6.42 Å². The van der Waals surface area contributed by atoms with E-state index < -0.39 is 5.97 Å². The van der Waals surface area contributed by atoms with Gasteiger partial charge in [0.2, 0.25) is 0 Å². The number of rotatable bonds is 6. The molecule has 1 fully saturated rings. The molecule has 4 nitrogen and oxygen atoms in total. The molecule has 2 rings (SSSR count). The minimum absolute atomic E-state index is 0.0859. The van der Waals surface area contributed by atoms with E-state index in [-0.39, 0.29) is 13.0 Å². The Labute approximate surface area is 120 Å². The Morgan fingerprint density at radius 1 is 1.25 bits per heavy atom. The standard InChI is InChI=1S/C16H23NO3/c18-9-7-14-2-1-8-17(11-14)12-15-5-3-13(4-6-15)10-16(19)20/h3-6,14,18H,1-2,7-12H2,(H,19,20). The summed E-state index contributed by atoms with van der Waals surface area (Å²) in [7, 11) is 0. The smallest absolute Gasteiger partial charge is 0.307 e. The van der Waals surface area contributed by atoms with E-state index in [4.69, 9.17) is 10.2 Å². The van der Waals surface area contributed by atoms with Crippen LogP contribution in [0.1, 0.15) is 30.4 Å². The van der Waals surface area contributed by atoms with Crippen molar-refractivity contribution in [1.29, 1.82) is 0 Å². The van der Waals surface area contributed by atoms with Crippen LogP contribution in [-0.4, -0.2) is 40.8 Å². The normalized spacial score (nSPS) is 19.9. The molecular weight excluding hydrogens is 254 g/mol.